The van der Waals surface area contributed by atoms with E-state index in [2.05, 4.69) is 21.5 Å². The van der Waals surface area contributed by atoms with Crippen LogP contribution in [0.4, 0.5) is 16.2 Å². The summed E-state index contributed by atoms with van der Waals surface area (Å²) in [5, 5.41) is 5.95. The molecule has 130 valence electrons. The van der Waals surface area contributed by atoms with Crippen LogP contribution in [-0.2, 0) is 4.79 Å². The van der Waals surface area contributed by atoms with Crippen LogP contribution in [0.3, 0.4) is 0 Å². The first kappa shape index (κ1) is 17.2. The van der Waals surface area contributed by atoms with Gasteiger partial charge in [0.2, 0.25) is 5.91 Å². The van der Waals surface area contributed by atoms with Crippen molar-refractivity contribution in [3.63, 3.8) is 0 Å². The maximum absolute atomic E-state index is 12.4. The number of rotatable bonds is 4. The fourth-order valence-electron chi connectivity index (χ4n) is 2.72. The summed E-state index contributed by atoms with van der Waals surface area (Å²) in [6.07, 6.45) is 0.589. The van der Waals surface area contributed by atoms with Crippen molar-refractivity contribution < 1.29 is 9.59 Å². The Balaban J connectivity index is 1.62. The minimum atomic E-state index is -0.658. The van der Waals surface area contributed by atoms with E-state index in [0.717, 1.165) is 5.56 Å². The Morgan fingerprint density at radius 2 is 1.76 bits per heavy atom. The Morgan fingerprint density at radius 1 is 1.04 bits per heavy atom. The summed E-state index contributed by atoms with van der Waals surface area (Å²) >= 11 is 6.01. The van der Waals surface area contributed by atoms with E-state index in [9.17, 15) is 9.59 Å². The standard InChI is InChI=1S/C17H18ClN5O2/c18-11-4-1-3-10(7-11)14-9-15(23-22-14)16(24)20-12-5-2-6-13(8-12)21-17(19)25/h1-8,14-15,22-23H,9H2,(H,20,24)(H3,19,21,25). The molecule has 1 aliphatic rings. The number of nitrogens with two attached hydrogens (primary N) is 1. The molecule has 7 nitrogen and oxygen atoms in total. The topological polar surface area (TPSA) is 108 Å². The smallest absolute Gasteiger partial charge is 0.316 e. The van der Waals surface area contributed by atoms with Gasteiger partial charge in [0.25, 0.3) is 0 Å². The van der Waals surface area contributed by atoms with E-state index in [1.807, 2.05) is 24.3 Å². The number of halogens is 1. The van der Waals surface area contributed by atoms with Crippen LogP contribution in [0.5, 0.6) is 0 Å². The highest BCUT2D eigenvalue weighted by molar-refractivity contribution is 6.30. The van der Waals surface area contributed by atoms with Crippen molar-refractivity contribution in [3.05, 3.63) is 59.1 Å². The lowest BCUT2D eigenvalue weighted by Gasteiger charge is -2.12. The highest BCUT2D eigenvalue weighted by atomic mass is 35.5. The molecule has 2 unspecified atom stereocenters. The third-order valence-corrected chi connectivity index (χ3v) is 4.10. The van der Waals surface area contributed by atoms with E-state index < -0.39 is 12.1 Å². The zero-order chi connectivity index (χ0) is 17.8. The molecule has 25 heavy (non-hydrogen) atoms. The second kappa shape index (κ2) is 7.52. The van der Waals surface area contributed by atoms with Gasteiger partial charge in [-0.1, -0.05) is 29.8 Å². The van der Waals surface area contributed by atoms with Gasteiger partial charge in [0.05, 0.1) is 0 Å². The lowest BCUT2D eigenvalue weighted by Crippen LogP contribution is -2.39. The summed E-state index contributed by atoms with van der Waals surface area (Å²) in [5.74, 6) is -0.173. The van der Waals surface area contributed by atoms with Crippen LogP contribution in [0.25, 0.3) is 0 Å². The Kier molecular flexibility index (Phi) is 5.18. The van der Waals surface area contributed by atoms with Crippen molar-refractivity contribution >= 4 is 34.9 Å². The van der Waals surface area contributed by atoms with Gasteiger partial charge in [-0.2, -0.15) is 0 Å². The molecule has 1 saturated heterocycles. The van der Waals surface area contributed by atoms with Crippen molar-refractivity contribution in [2.45, 2.75) is 18.5 Å². The highest BCUT2D eigenvalue weighted by Gasteiger charge is 2.30. The number of primary amides is 1. The summed E-state index contributed by atoms with van der Waals surface area (Å²) in [6, 6.07) is 13.3. The minimum absolute atomic E-state index is 0.00249. The molecule has 8 heteroatoms. The number of hydrogen-bond acceptors (Lipinski definition) is 4. The lowest BCUT2D eigenvalue weighted by molar-refractivity contribution is -0.117. The van der Waals surface area contributed by atoms with Gasteiger partial charge in [0.1, 0.15) is 6.04 Å². The number of hydrogen-bond donors (Lipinski definition) is 5. The van der Waals surface area contributed by atoms with Crippen molar-refractivity contribution in [2.24, 2.45) is 5.73 Å². The van der Waals surface area contributed by atoms with Crippen LogP contribution in [0.1, 0.15) is 18.0 Å². The first-order valence-electron chi connectivity index (χ1n) is 7.75. The molecule has 1 fully saturated rings. The molecule has 0 spiro atoms. The minimum Gasteiger partial charge on any atom is -0.351 e. The summed E-state index contributed by atoms with van der Waals surface area (Å²) in [7, 11) is 0. The Labute approximate surface area is 149 Å². The summed E-state index contributed by atoms with van der Waals surface area (Å²) in [5.41, 5.74) is 13.3. The predicted molar refractivity (Wildman–Crippen MR) is 97.1 cm³/mol. The molecule has 2 atom stereocenters. The molecule has 1 heterocycles. The van der Waals surface area contributed by atoms with Gasteiger partial charge in [0.15, 0.2) is 0 Å². The molecule has 3 amide bonds. The van der Waals surface area contributed by atoms with Crippen LogP contribution < -0.4 is 27.2 Å². The normalized spacial score (nSPS) is 19.4. The number of benzene rings is 2. The van der Waals surface area contributed by atoms with E-state index in [1.165, 1.54) is 0 Å². The molecular weight excluding hydrogens is 342 g/mol. The van der Waals surface area contributed by atoms with Gasteiger partial charge in [-0.25, -0.2) is 15.6 Å². The van der Waals surface area contributed by atoms with E-state index in [-0.39, 0.29) is 11.9 Å². The number of urea groups is 1. The number of carbonyl (C=O) groups excluding carboxylic acids is 2. The molecule has 2 aromatic rings. The molecule has 0 aliphatic carbocycles. The molecule has 2 aromatic carbocycles. The maximum Gasteiger partial charge on any atom is 0.316 e. The third-order valence-electron chi connectivity index (χ3n) is 3.87. The van der Waals surface area contributed by atoms with E-state index in [0.29, 0.717) is 22.8 Å². The molecule has 3 rings (SSSR count). The first-order valence-corrected chi connectivity index (χ1v) is 8.13. The average molecular weight is 360 g/mol. The van der Waals surface area contributed by atoms with Gasteiger partial charge >= 0.3 is 6.03 Å². The average Bonchev–Trinajstić information content (AvgIpc) is 3.05. The largest absolute Gasteiger partial charge is 0.351 e. The third kappa shape index (κ3) is 4.48. The Morgan fingerprint density at radius 3 is 2.48 bits per heavy atom. The van der Waals surface area contributed by atoms with Crippen LogP contribution in [-0.4, -0.2) is 18.0 Å². The summed E-state index contributed by atoms with van der Waals surface area (Å²) < 4.78 is 0. The van der Waals surface area contributed by atoms with E-state index in [4.69, 9.17) is 17.3 Å². The fourth-order valence-corrected chi connectivity index (χ4v) is 2.92. The second-order valence-corrected chi connectivity index (χ2v) is 6.18. The molecule has 0 aromatic heterocycles. The van der Waals surface area contributed by atoms with Crippen molar-refractivity contribution in [1.29, 1.82) is 0 Å². The number of anilines is 2. The highest BCUT2D eigenvalue weighted by Crippen LogP contribution is 2.25. The number of nitrogens with one attached hydrogen (secondary N) is 4. The number of carbonyl (C=O) groups is 2. The lowest BCUT2D eigenvalue weighted by atomic mass is 10.0. The predicted octanol–water partition coefficient (Wildman–Crippen LogP) is 2.38. The van der Waals surface area contributed by atoms with Gasteiger partial charge in [-0.3, -0.25) is 4.79 Å². The zero-order valence-electron chi connectivity index (χ0n) is 13.3. The van der Waals surface area contributed by atoms with Gasteiger partial charge in [0, 0.05) is 22.4 Å². The molecule has 0 radical (unpaired) electrons. The first-order chi connectivity index (χ1) is 12.0. The summed E-state index contributed by atoms with van der Waals surface area (Å²) in [4.78, 5) is 23.3. The van der Waals surface area contributed by atoms with Crippen LogP contribution in [0.2, 0.25) is 5.02 Å². The quantitative estimate of drug-likeness (QED) is 0.577. The van der Waals surface area contributed by atoms with E-state index >= 15 is 0 Å². The molecule has 1 aliphatic heterocycles. The Bertz CT molecular complexity index is 798. The fraction of sp³-hybridized carbons (Fsp3) is 0.176. The van der Waals surface area contributed by atoms with Crippen molar-refractivity contribution in [3.8, 4) is 0 Å². The van der Waals surface area contributed by atoms with Gasteiger partial charge in [-0.15, -0.1) is 0 Å². The zero-order valence-corrected chi connectivity index (χ0v) is 14.0. The monoisotopic (exact) mass is 359 g/mol. The van der Waals surface area contributed by atoms with Crippen LogP contribution in [0.15, 0.2) is 48.5 Å². The van der Waals surface area contributed by atoms with Crippen molar-refractivity contribution in [1.82, 2.24) is 10.9 Å². The molecular formula is C17H18ClN5O2. The SMILES string of the molecule is NC(=O)Nc1cccc(NC(=O)C2CC(c3cccc(Cl)c3)NN2)c1. The molecule has 0 bridgehead atoms. The number of amides is 3. The molecule has 0 saturated carbocycles. The van der Waals surface area contributed by atoms with E-state index in [1.54, 1.807) is 24.3 Å². The van der Waals surface area contributed by atoms with Crippen molar-refractivity contribution in [2.75, 3.05) is 10.6 Å². The maximum atomic E-state index is 12.4. The molecule has 6 N–H and O–H groups in total. The van der Waals surface area contributed by atoms with Gasteiger partial charge < -0.3 is 16.4 Å². The number of hydrazine groups is 1. The second-order valence-electron chi connectivity index (χ2n) is 5.74. The van der Waals surface area contributed by atoms with Crippen LogP contribution >= 0.6 is 11.6 Å². The Hall–Kier alpha value is -2.61. The van der Waals surface area contributed by atoms with Crippen LogP contribution in [0, 0.1) is 0 Å². The summed E-state index contributed by atoms with van der Waals surface area (Å²) in [6.45, 7) is 0. The van der Waals surface area contributed by atoms with Gasteiger partial charge in [-0.05, 0) is 42.3 Å².